The van der Waals surface area contributed by atoms with Crippen LogP contribution in [0.25, 0.3) is 0 Å². The van der Waals surface area contributed by atoms with Crippen LogP contribution in [0.5, 0.6) is 5.75 Å². The van der Waals surface area contributed by atoms with Crippen LogP contribution in [0.3, 0.4) is 0 Å². The molecule has 2 aromatic rings. The summed E-state index contributed by atoms with van der Waals surface area (Å²) in [5, 5.41) is 7.38. The Labute approximate surface area is 174 Å². The Kier molecular flexibility index (Phi) is 4.19. The van der Waals surface area contributed by atoms with Crippen LogP contribution >= 0.6 is 43.2 Å². The van der Waals surface area contributed by atoms with Crippen LogP contribution in [0, 0.1) is 0 Å². The maximum absolute atomic E-state index is 6.63. The molecule has 0 bridgehead atoms. The molecule has 26 heavy (non-hydrogen) atoms. The van der Waals surface area contributed by atoms with E-state index < -0.39 is 0 Å². The molecule has 7 heteroatoms. The summed E-state index contributed by atoms with van der Waals surface area (Å²) in [4.78, 5) is 3.61. The smallest absolute Gasteiger partial charge is 0.200 e. The van der Waals surface area contributed by atoms with E-state index in [0.29, 0.717) is 0 Å². The minimum absolute atomic E-state index is 0.246. The molecule has 0 unspecified atom stereocenters. The third-order valence-electron chi connectivity index (χ3n) is 5.58. The lowest BCUT2D eigenvalue weighted by Gasteiger charge is -2.50. The molecule has 5 rings (SSSR count). The van der Waals surface area contributed by atoms with Gasteiger partial charge in [-0.1, -0.05) is 15.9 Å². The van der Waals surface area contributed by atoms with Crippen LogP contribution in [0.15, 0.2) is 43.7 Å². The Morgan fingerprint density at radius 2 is 2.00 bits per heavy atom. The minimum Gasteiger partial charge on any atom is -0.466 e. The van der Waals surface area contributed by atoms with Gasteiger partial charge in [0.1, 0.15) is 5.75 Å². The number of hydrazone groups is 1. The number of thiophene rings is 1. The first-order valence-corrected chi connectivity index (χ1v) is 11.2. The zero-order valence-corrected chi connectivity index (χ0v) is 18.4. The van der Waals surface area contributed by atoms with Crippen molar-refractivity contribution in [2.75, 3.05) is 20.1 Å². The van der Waals surface area contributed by atoms with Gasteiger partial charge in [0.15, 0.2) is 0 Å². The van der Waals surface area contributed by atoms with Crippen molar-refractivity contribution >= 4 is 48.9 Å². The maximum atomic E-state index is 6.63. The van der Waals surface area contributed by atoms with E-state index in [-0.39, 0.29) is 11.8 Å². The Bertz CT molecular complexity index is 889. The van der Waals surface area contributed by atoms with Crippen molar-refractivity contribution in [3.8, 4) is 5.75 Å². The normalized spacial score (nSPS) is 24.2. The lowest BCUT2D eigenvalue weighted by molar-refractivity contribution is -0.147. The number of piperidine rings is 1. The highest BCUT2D eigenvalue weighted by molar-refractivity contribution is 9.11. The molecular weight excluding hydrogens is 478 g/mol. The summed E-state index contributed by atoms with van der Waals surface area (Å²) in [6, 6.07) is 10.9. The molecule has 0 aliphatic carbocycles. The van der Waals surface area contributed by atoms with Gasteiger partial charge >= 0.3 is 0 Å². The maximum Gasteiger partial charge on any atom is 0.200 e. The van der Waals surface area contributed by atoms with Crippen molar-refractivity contribution in [2.24, 2.45) is 5.10 Å². The van der Waals surface area contributed by atoms with Gasteiger partial charge < -0.3 is 9.64 Å². The molecule has 3 aliphatic rings. The number of fused-ring (bicyclic) bond motifs is 4. The lowest BCUT2D eigenvalue weighted by Crippen LogP contribution is -2.58. The fraction of sp³-hybridized carbons (Fsp3) is 0.421. The molecule has 1 saturated heterocycles. The highest BCUT2D eigenvalue weighted by Crippen LogP contribution is 2.50. The Morgan fingerprint density at radius 3 is 2.73 bits per heavy atom. The summed E-state index contributed by atoms with van der Waals surface area (Å²) in [6.07, 6.45) is 2.87. The predicted molar refractivity (Wildman–Crippen MR) is 112 cm³/mol. The van der Waals surface area contributed by atoms with Crippen molar-refractivity contribution < 1.29 is 4.74 Å². The van der Waals surface area contributed by atoms with Crippen molar-refractivity contribution in [3.05, 3.63) is 49.0 Å². The molecule has 0 radical (unpaired) electrons. The second kappa shape index (κ2) is 6.33. The van der Waals surface area contributed by atoms with E-state index in [1.54, 1.807) is 11.3 Å². The Morgan fingerprint density at radius 1 is 1.19 bits per heavy atom. The monoisotopic (exact) mass is 495 g/mol. The molecule has 4 heterocycles. The average molecular weight is 497 g/mol. The fourth-order valence-electron chi connectivity index (χ4n) is 4.17. The van der Waals surface area contributed by atoms with Gasteiger partial charge in [-0.3, -0.25) is 0 Å². The minimum atomic E-state index is -0.325. The molecule has 136 valence electrons. The van der Waals surface area contributed by atoms with Crippen molar-refractivity contribution in [3.63, 3.8) is 0 Å². The number of nitrogens with zero attached hydrogens (tertiary/aromatic N) is 3. The largest absolute Gasteiger partial charge is 0.466 e. The molecule has 1 aromatic carbocycles. The van der Waals surface area contributed by atoms with Gasteiger partial charge in [0.25, 0.3) is 0 Å². The quantitative estimate of drug-likeness (QED) is 0.540. The van der Waals surface area contributed by atoms with Crippen LogP contribution in [-0.2, 0) is 0 Å². The molecular formula is C19H19Br2N3OS. The van der Waals surface area contributed by atoms with Crippen molar-refractivity contribution in [1.29, 1.82) is 0 Å². The van der Waals surface area contributed by atoms with Crippen LogP contribution in [0.2, 0.25) is 0 Å². The summed E-state index contributed by atoms with van der Waals surface area (Å²) < 4.78 is 8.87. The van der Waals surface area contributed by atoms with E-state index in [2.05, 4.69) is 79.1 Å². The molecule has 1 fully saturated rings. The Balaban J connectivity index is 1.59. The van der Waals surface area contributed by atoms with E-state index in [4.69, 9.17) is 9.84 Å². The number of hydrogen-bond donors (Lipinski definition) is 0. The topological polar surface area (TPSA) is 28.1 Å². The molecule has 0 saturated carbocycles. The van der Waals surface area contributed by atoms with Gasteiger partial charge in [0, 0.05) is 42.4 Å². The zero-order chi connectivity index (χ0) is 17.9. The van der Waals surface area contributed by atoms with Gasteiger partial charge in [-0.15, -0.1) is 11.3 Å². The number of benzene rings is 1. The Hall–Kier alpha value is -0.890. The first-order chi connectivity index (χ1) is 12.5. The van der Waals surface area contributed by atoms with Gasteiger partial charge in [-0.25, -0.2) is 5.01 Å². The van der Waals surface area contributed by atoms with E-state index in [9.17, 15) is 0 Å². The molecule has 3 aliphatic heterocycles. The van der Waals surface area contributed by atoms with Gasteiger partial charge in [0.05, 0.1) is 20.4 Å². The zero-order valence-electron chi connectivity index (χ0n) is 14.4. The van der Waals surface area contributed by atoms with Crippen LogP contribution in [0.1, 0.15) is 35.7 Å². The summed E-state index contributed by atoms with van der Waals surface area (Å²) >= 11 is 8.96. The second-order valence-electron chi connectivity index (χ2n) is 7.25. The third-order valence-corrected chi connectivity index (χ3v) is 7.75. The van der Waals surface area contributed by atoms with Crippen molar-refractivity contribution in [1.82, 2.24) is 9.91 Å². The second-order valence-corrected chi connectivity index (χ2v) is 10.6. The highest BCUT2D eigenvalue weighted by Gasteiger charge is 2.51. The van der Waals surface area contributed by atoms with E-state index in [0.717, 1.165) is 46.4 Å². The highest BCUT2D eigenvalue weighted by atomic mass is 79.9. The van der Waals surface area contributed by atoms with E-state index >= 15 is 0 Å². The van der Waals surface area contributed by atoms with Crippen LogP contribution in [-0.4, -0.2) is 41.5 Å². The molecule has 1 atom stereocenters. The lowest BCUT2D eigenvalue weighted by atomic mass is 9.91. The molecule has 4 nitrogen and oxygen atoms in total. The first-order valence-electron chi connectivity index (χ1n) is 8.84. The number of halogens is 2. The number of rotatable bonds is 1. The number of hydrogen-bond acceptors (Lipinski definition) is 5. The number of likely N-dealkylation sites (tertiary alicyclic amines) is 1. The van der Waals surface area contributed by atoms with E-state index in [1.165, 1.54) is 16.2 Å². The summed E-state index contributed by atoms with van der Waals surface area (Å²) in [6.45, 7) is 2.06. The SMILES string of the molecule is CN1CCC2(CC1)Oc1ccc(Br)cc1[C@@H]1CC(c3ccc(Br)s3)=NN12. The van der Waals surface area contributed by atoms with Gasteiger partial charge in [-0.05, 0) is 53.3 Å². The van der Waals surface area contributed by atoms with E-state index in [1.807, 2.05) is 0 Å². The van der Waals surface area contributed by atoms with Crippen LogP contribution in [0.4, 0.5) is 0 Å². The van der Waals surface area contributed by atoms with Crippen LogP contribution < -0.4 is 4.74 Å². The van der Waals surface area contributed by atoms with Crippen molar-refractivity contribution in [2.45, 2.75) is 31.0 Å². The molecule has 1 aromatic heterocycles. The fourth-order valence-corrected chi connectivity index (χ4v) is 5.93. The molecule has 0 N–H and O–H groups in total. The average Bonchev–Trinajstić information content (AvgIpc) is 3.25. The summed E-state index contributed by atoms with van der Waals surface area (Å²) in [7, 11) is 2.18. The summed E-state index contributed by atoms with van der Waals surface area (Å²) in [5.41, 5.74) is 2.08. The first kappa shape index (κ1) is 17.2. The van der Waals surface area contributed by atoms with Gasteiger partial charge in [0.2, 0.25) is 5.72 Å². The predicted octanol–water partition coefficient (Wildman–Crippen LogP) is 5.24. The third kappa shape index (κ3) is 2.75. The standard InChI is InChI=1S/C19H19Br2N3OS/c1-23-8-6-19(7-9-23)24-15(13-10-12(20)2-3-16(13)25-19)11-14(22-24)17-4-5-18(21)26-17/h2-5,10,15H,6-9,11H2,1H3/t15-/m0/s1. The molecule has 1 spiro atoms. The van der Waals surface area contributed by atoms with Gasteiger partial charge in [-0.2, -0.15) is 5.10 Å². The number of ether oxygens (including phenoxy) is 1. The summed E-state index contributed by atoms with van der Waals surface area (Å²) in [5.74, 6) is 1.02. The molecule has 0 amide bonds.